The van der Waals surface area contributed by atoms with Crippen molar-refractivity contribution >= 4 is 23.5 Å². The second-order valence-electron chi connectivity index (χ2n) is 8.67. The van der Waals surface area contributed by atoms with Crippen LogP contribution in [0.3, 0.4) is 0 Å². The van der Waals surface area contributed by atoms with E-state index < -0.39 is 0 Å². The number of hydrogen-bond acceptors (Lipinski definition) is 8. The van der Waals surface area contributed by atoms with E-state index in [-0.39, 0.29) is 11.9 Å². The zero-order valence-electron chi connectivity index (χ0n) is 18.8. The number of aromatic nitrogens is 2. The van der Waals surface area contributed by atoms with Gasteiger partial charge in [0.2, 0.25) is 11.9 Å². The first-order chi connectivity index (χ1) is 15.6. The highest BCUT2D eigenvalue weighted by Gasteiger charge is 2.37. The van der Waals surface area contributed by atoms with Crippen molar-refractivity contribution < 1.29 is 9.53 Å². The molecule has 1 aromatic heterocycles. The summed E-state index contributed by atoms with van der Waals surface area (Å²) in [5, 5.41) is 5.40. The Morgan fingerprint density at radius 3 is 2.72 bits per heavy atom. The molecule has 32 heavy (non-hydrogen) atoms. The predicted octanol–water partition coefficient (Wildman–Crippen LogP) is 2.32. The van der Waals surface area contributed by atoms with Crippen LogP contribution in [0.5, 0.6) is 5.75 Å². The summed E-state index contributed by atoms with van der Waals surface area (Å²) < 4.78 is 5.29. The highest BCUT2D eigenvalue weighted by molar-refractivity contribution is 5.78. The summed E-state index contributed by atoms with van der Waals surface area (Å²) in [5.74, 6) is 3.72. The molecule has 9 nitrogen and oxygen atoms in total. The van der Waals surface area contributed by atoms with Crippen LogP contribution in [0.15, 0.2) is 24.3 Å². The van der Waals surface area contributed by atoms with Gasteiger partial charge < -0.3 is 19.9 Å². The van der Waals surface area contributed by atoms with Crippen LogP contribution in [0.1, 0.15) is 42.9 Å². The maximum Gasteiger partial charge on any atom is 0.226 e. The van der Waals surface area contributed by atoms with E-state index in [1.165, 1.54) is 11.1 Å². The molecule has 1 unspecified atom stereocenters. The number of hydrazine groups is 1. The molecule has 0 bridgehead atoms. The van der Waals surface area contributed by atoms with Gasteiger partial charge in [-0.25, -0.2) is 5.43 Å². The zero-order valence-corrected chi connectivity index (χ0v) is 18.8. The Balaban J connectivity index is 1.31. The number of benzene rings is 1. The number of likely N-dealkylation sites (tertiary alicyclic amines) is 1. The summed E-state index contributed by atoms with van der Waals surface area (Å²) in [6.07, 6.45) is 3.57. The van der Waals surface area contributed by atoms with Crippen molar-refractivity contribution in [3.8, 4) is 5.75 Å². The molecule has 0 aliphatic carbocycles. The van der Waals surface area contributed by atoms with Crippen molar-refractivity contribution in [1.82, 2.24) is 20.3 Å². The molecule has 2 N–H and O–H groups in total. The van der Waals surface area contributed by atoms with Crippen LogP contribution >= 0.6 is 0 Å². The minimum atomic E-state index is 0.257. The number of carbonyl (C=O) groups excluding carboxylic acids is 1. The Bertz CT molecular complexity index is 981. The molecule has 1 saturated heterocycles. The molecule has 1 aromatic carbocycles. The first kappa shape index (κ1) is 20.8. The van der Waals surface area contributed by atoms with Gasteiger partial charge in [0.15, 0.2) is 5.82 Å². The van der Waals surface area contributed by atoms with Crippen LogP contribution in [0, 0.1) is 0 Å². The number of methoxy groups -OCH3 is 1. The Hall–Kier alpha value is -3.07. The standard InChI is InChI=1S/C23H31N7O2/c1-28-21-20-18(27-28)10-14-30(15-16-6-8-17(32-2)9-7-16)22(20)26-23(25-21)24-11-4-13-29-12-3-5-19(29)31/h6-9,18,27H,3-5,10-15H2,1-2H3,(H,24,25,26). The third-order valence-electron chi connectivity index (χ3n) is 6.50. The molecule has 170 valence electrons. The number of anilines is 3. The number of nitrogens with zero attached hydrogens (tertiary/aromatic N) is 5. The molecule has 0 spiro atoms. The van der Waals surface area contributed by atoms with Crippen LogP contribution in [0.4, 0.5) is 17.6 Å². The van der Waals surface area contributed by atoms with Gasteiger partial charge in [-0.05, 0) is 37.0 Å². The number of ether oxygens (including phenoxy) is 1. The Kier molecular flexibility index (Phi) is 5.73. The molecule has 2 aromatic rings. The van der Waals surface area contributed by atoms with E-state index in [4.69, 9.17) is 14.7 Å². The molecule has 0 radical (unpaired) electrons. The van der Waals surface area contributed by atoms with Crippen LogP contribution in [-0.4, -0.2) is 61.1 Å². The lowest BCUT2D eigenvalue weighted by Gasteiger charge is -2.32. The van der Waals surface area contributed by atoms with Crippen molar-refractivity contribution in [3.63, 3.8) is 0 Å². The van der Waals surface area contributed by atoms with Gasteiger partial charge in [0.05, 0.1) is 18.7 Å². The van der Waals surface area contributed by atoms with Gasteiger partial charge in [0, 0.05) is 46.2 Å². The monoisotopic (exact) mass is 437 g/mol. The van der Waals surface area contributed by atoms with E-state index in [9.17, 15) is 4.79 Å². The Morgan fingerprint density at radius 1 is 1.16 bits per heavy atom. The van der Waals surface area contributed by atoms with Crippen LogP contribution < -0.4 is 25.4 Å². The van der Waals surface area contributed by atoms with E-state index in [2.05, 4.69) is 27.8 Å². The lowest BCUT2D eigenvalue weighted by Crippen LogP contribution is -2.36. The lowest BCUT2D eigenvalue weighted by atomic mass is 10.0. The molecule has 3 aliphatic rings. The van der Waals surface area contributed by atoms with Gasteiger partial charge in [-0.15, -0.1) is 0 Å². The Morgan fingerprint density at radius 2 is 1.97 bits per heavy atom. The maximum absolute atomic E-state index is 11.8. The third kappa shape index (κ3) is 4.04. The molecule has 0 saturated carbocycles. The molecular weight excluding hydrogens is 406 g/mol. The summed E-state index contributed by atoms with van der Waals surface area (Å²) in [7, 11) is 3.70. The van der Waals surface area contributed by atoms with Crippen molar-refractivity contribution in [2.75, 3.05) is 55.6 Å². The fraction of sp³-hybridized carbons (Fsp3) is 0.522. The molecule has 1 atom stereocenters. The quantitative estimate of drug-likeness (QED) is 0.609. The summed E-state index contributed by atoms with van der Waals surface area (Å²) >= 11 is 0. The van der Waals surface area contributed by atoms with Crippen molar-refractivity contribution in [3.05, 3.63) is 35.4 Å². The molecule has 4 heterocycles. The molecule has 1 amide bonds. The highest BCUT2D eigenvalue weighted by Crippen LogP contribution is 2.43. The van der Waals surface area contributed by atoms with E-state index in [1.807, 2.05) is 29.1 Å². The summed E-state index contributed by atoms with van der Waals surface area (Å²) in [6, 6.07) is 8.47. The maximum atomic E-state index is 11.8. The highest BCUT2D eigenvalue weighted by atomic mass is 16.5. The summed E-state index contributed by atoms with van der Waals surface area (Å²) in [4.78, 5) is 25.8. The molecule has 1 fully saturated rings. The fourth-order valence-corrected chi connectivity index (χ4v) is 4.81. The van der Waals surface area contributed by atoms with Gasteiger partial charge in [-0.2, -0.15) is 9.97 Å². The van der Waals surface area contributed by atoms with Crippen LogP contribution in [0.2, 0.25) is 0 Å². The zero-order chi connectivity index (χ0) is 22.1. The molecular formula is C23H31N7O2. The van der Waals surface area contributed by atoms with Crippen molar-refractivity contribution in [2.45, 2.75) is 38.3 Å². The molecule has 5 rings (SSSR count). The average molecular weight is 438 g/mol. The van der Waals surface area contributed by atoms with Gasteiger partial charge in [-0.3, -0.25) is 9.80 Å². The molecule has 9 heteroatoms. The van der Waals surface area contributed by atoms with Gasteiger partial charge in [0.1, 0.15) is 11.6 Å². The van der Waals surface area contributed by atoms with Crippen LogP contribution in [0.25, 0.3) is 0 Å². The first-order valence-corrected chi connectivity index (χ1v) is 11.4. The minimum absolute atomic E-state index is 0.257. The lowest BCUT2D eigenvalue weighted by molar-refractivity contribution is -0.127. The number of hydrogen-bond donors (Lipinski definition) is 2. The van der Waals surface area contributed by atoms with E-state index in [1.54, 1.807) is 7.11 Å². The normalized spacial score (nSPS) is 19.5. The predicted molar refractivity (Wildman–Crippen MR) is 124 cm³/mol. The number of nitrogens with one attached hydrogen (secondary N) is 2. The van der Waals surface area contributed by atoms with E-state index in [0.717, 1.165) is 69.4 Å². The molecule has 3 aliphatic heterocycles. The number of carbonyl (C=O) groups is 1. The number of amides is 1. The largest absolute Gasteiger partial charge is 0.497 e. The average Bonchev–Trinajstić information content (AvgIpc) is 3.36. The van der Waals surface area contributed by atoms with Gasteiger partial charge in [-0.1, -0.05) is 12.1 Å². The fourth-order valence-electron chi connectivity index (χ4n) is 4.81. The van der Waals surface area contributed by atoms with Gasteiger partial charge >= 0.3 is 0 Å². The van der Waals surface area contributed by atoms with Crippen LogP contribution in [-0.2, 0) is 11.3 Å². The van der Waals surface area contributed by atoms with E-state index in [0.29, 0.717) is 12.4 Å². The smallest absolute Gasteiger partial charge is 0.226 e. The SMILES string of the molecule is COc1ccc(CN2CCC3NN(C)c4nc(NCCCN5CCCC5=O)nc2c43)cc1. The third-order valence-corrected chi connectivity index (χ3v) is 6.50. The second-order valence-corrected chi connectivity index (χ2v) is 8.67. The van der Waals surface area contributed by atoms with Crippen molar-refractivity contribution in [1.29, 1.82) is 0 Å². The first-order valence-electron chi connectivity index (χ1n) is 11.4. The summed E-state index contributed by atoms with van der Waals surface area (Å²) in [6.45, 7) is 4.13. The van der Waals surface area contributed by atoms with E-state index >= 15 is 0 Å². The van der Waals surface area contributed by atoms with Gasteiger partial charge in [0.25, 0.3) is 0 Å². The topological polar surface area (TPSA) is 85.9 Å². The minimum Gasteiger partial charge on any atom is -0.497 e. The van der Waals surface area contributed by atoms with Crippen molar-refractivity contribution in [2.24, 2.45) is 0 Å². The number of rotatable bonds is 8. The second kappa shape index (κ2) is 8.82. The summed E-state index contributed by atoms with van der Waals surface area (Å²) in [5.41, 5.74) is 5.92. The Labute approximate surface area is 188 Å².